The molecule has 7 nitrogen and oxygen atoms in total. The molecule has 11 heteroatoms. The van der Waals surface area contributed by atoms with Gasteiger partial charge in [0.15, 0.2) is 0 Å². The fraction of sp³-hybridized carbons (Fsp3) is 0.441. The molecule has 0 saturated heterocycles. The number of likely N-dealkylation sites (N-methyl/N-ethyl adjacent to an activating group) is 1. The van der Waals surface area contributed by atoms with E-state index in [1.165, 1.54) is 6.07 Å². The number of halogens is 4. The van der Waals surface area contributed by atoms with Crippen LogP contribution in [0.15, 0.2) is 41.3 Å². The third-order valence-electron chi connectivity index (χ3n) is 7.82. The first kappa shape index (κ1) is 35.5. The number of rotatable bonds is 12. The molecular weight excluding hydrogens is 590 g/mol. The molecule has 1 aromatic heterocycles. The summed E-state index contributed by atoms with van der Waals surface area (Å²) >= 11 is 0. The quantitative estimate of drug-likeness (QED) is 0.218. The zero-order valence-corrected chi connectivity index (χ0v) is 26.7. The normalized spacial score (nSPS) is 13.2. The predicted octanol–water partition coefficient (Wildman–Crippen LogP) is 6.68. The molecule has 45 heavy (non-hydrogen) atoms. The van der Waals surface area contributed by atoms with Crippen LogP contribution in [0, 0.1) is 33.5 Å². The van der Waals surface area contributed by atoms with Crippen molar-refractivity contribution >= 4 is 11.9 Å². The summed E-state index contributed by atoms with van der Waals surface area (Å²) in [5.41, 5.74) is 2.42. The van der Waals surface area contributed by atoms with Crippen LogP contribution in [0.5, 0.6) is 0 Å². The molecular formula is C34H41F4N3O4. The molecule has 2 aromatic carbocycles. The number of benzene rings is 2. The summed E-state index contributed by atoms with van der Waals surface area (Å²) in [5.74, 6) is -2.78. The Labute approximate surface area is 260 Å². The highest BCUT2D eigenvalue weighted by Crippen LogP contribution is 2.35. The van der Waals surface area contributed by atoms with Gasteiger partial charge in [-0.3, -0.25) is 14.4 Å². The lowest BCUT2D eigenvalue weighted by Crippen LogP contribution is -2.40. The summed E-state index contributed by atoms with van der Waals surface area (Å²) in [4.78, 5) is 40.5. The molecule has 0 aliphatic carbocycles. The van der Waals surface area contributed by atoms with Gasteiger partial charge in [-0.2, -0.15) is 13.2 Å². The van der Waals surface area contributed by atoms with Crippen molar-refractivity contribution in [3.63, 3.8) is 0 Å². The number of amides is 1. The molecule has 0 radical (unpaired) electrons. The number of nitrogens with zero attached hydrogens (tertiary/aromatic N) is 2. The molecule has 0 bridgehead atoms. The Morgan fingerprint density at radius 1 is 1.00 bits per heavy atom. The molecule has 2 atom stereocenters. The van der Waals surface area contributed by atoms with Crippen LogP contribution in [0.2, 0.25) is 0 Å². The molecule has 0 aliphatic heterocycles. The number of aliphatic carboxylic acids is 1. The molecule has 0 aliphatic rings. The van der Waals surface area contributed by atoms with Crippen molar-refractivity contribution in [2.24, 2.45) is 0 Å². The number of carbonyl (C=O) groups excluding carboxylic acids is 1. The van der Waals surface area contributed by atoms with Crippen molar-refractivity contribution in [1.29, 1.82) is 0 Å². The number of hydrogen-bond donors (Lipinski definition) is 2. The van der Waals surface area contributed by atoms with Crippen molar-refractivity contribution in [2.45, 2.75) is 78.6 Å². The number of alkyl halides is 3. The number of hydrogen-bond acceptors (Lipinski definition) is 4. The second kappa shape index (κ2) is 14.4. The average Bonchev–Trinajstić information content (AvgIpc) is 2.91. The smallest absolute Gasteiger partial charge is 0.416 e. The molecule has 0 spiro atoms. The van der Waals surface area contributed by atoms with E-state index in [4.69, 9.17) is 0 Å². The van der Waals surface area contributed by atoms with Crippen molar-refractivity contribution in [3.8, 4) is 11.1 Å². The van der Waals surface area contributed by atoms with Gasteiger partial charge in [0.05, 0.1) is 18.0 Å². The Kier molecular flexibility index (Phi) is 11.4. The second-order valence-corrected chi connectivity index (χ2v) is 11.9. The summed E-state index contributed by atoms with van der Waals surface area (Å²) in [6.07, 6.45) is -3.94. The van der Waals surface area contributed by atoms with Crippen LogP contribution >= 0.6 is 0 Å². The predicted molar refractivity (Wildman–Crippen MR) is 166 cm³/mol. The van der Waals surface area contributed by atoms with E-state index in [9.17, 15) is 32.7 Å². The van der Waals surface area contributed by atoms with Crippen LogP contribution in [0.25, 0.3) is 11.1 Å². The van der Waals surface area contributed by atoms with Crippen LogP contribution in [0.3, 0.4) is 0 Å². The van der Waals surface area contributed by atoms with E-state index in [2.05, 4.69) is 5.32 Å². The highest BCUT2D eigenvalue weighted by atomic mass is 19.4. The minimum Gasteiger partial charge on any atom is -0.481 e. The Morgan fingerprint density at radius 3 is 2.16 bits per heavy atom. The van der Waals surface area contributed by atoms with Gasteiger partial charge in [0.2, 0.25) is 5.91 Å². The highest BCUT2D eigenvalue weighted by Gasteiger charge is 2.35. The van der Waals surface area contributed by atoms with E-state index in [1.807, 2.05) is 32.9 Å². The number of carbonyl (C=O) groups is 2. The maximum atomic E-state index is 15.7. The topological polar surface area (TPSA) is 91.6 Å². The van der Waals surface area contributed by atoms with E-state index in [0.717, 1.165) is 33.0 Å². The number of carboxylic acid groups (broad SMARTS) is 1. The van der Waals surface area contributed by atoms with E-state index >= 15 is 4.39 Å². The fourth-order valence-corrected chi connectivity index (χ4v) is 5.82. The van der Waals surface area contributed by atoms with Gasteiger partial charge < -0.3 is 19.9 Å². The largest absolute Gasteiger partial charge is 0.481 e. The van der Waals surface area contributed by atoms with Crippen molar-refractivity contribution in [1.82, 2.24) is 14.8 Å². The van der Waals surface area contributed by atoms with E-state index in [-0.39, 0.29) is 36.1 Å². The monoisotopic (exact) mass is 631 g/mol. The van der Waals surface area contributed by atoms with Crippen LogP contribution in [-0.2, 0) is 22.2 Å². The number of aryl methyl sites for hydroxylation is 4. The molecule has 0 fully saturated rings. The van der Waals surface area contributed by atoms with Gasteiger partial charge in [-0.05, 0) is 100 Å². The van der Waals surface area contributed by atoms with E-state index in [0.29, 0.717) is 18.1 Å². The van der Waals surface area contributed by atoms with Gasteiger partial charge >= 0.3 is 12.1 Å². The summed E-state index contributed by atoms with van der Waals surface area (Å²) in [6, 6.07) is 5.08. The molecule has 1 amide bonds. The third-order valence-corrected chi connectivity index (χ3v) is 7.82. The number of aromatic nitrogens is 1. The first-order chi connectivity index (χ1) is 20.9. The molecule has 3 aromatic rings. The Morgan fingerprint density at radius 2 is 1.62 bits per heavy atom. The molecule has 0 saturated carbocycles. The van der Waals surface area contributed by atoms with Gasteiger partial charge in [0.1, 0.15) is 11.9 Å². The summed E-state index contributed by atoms with van der Waals surface area (Å²) in [7, 11) is 3.41. The van der Waals surface area contributed by atoms with Crippen LogP contribution in [0.1, 0.15) is 77.2 Å². The second-order valence-electron chi connectivity index (χ2n) is 11.9. The van der Waals surface area contributed by atoms with Crippen LogP contribution in [-0.4, -0.2) is 47.1 Å². The summed E-state index contributed by atoms with van der Waals surface area (Å²) < 4.78 is 58.2. The first-order valence-electron chi connectivity index (χ1n) is 14.8. The first-order valence-corrected chi connectivity index (χ1v) is 14.8. The van der Waals surface area contributed by atoms with Crippen LogP contribution < -0.4 is 10.9 Å². The lowest BCUT2D eigenvalue weighted by Gasteiger charge is -2.26. The SMILES string of the molecule is CCCC(C(=O)NC(CC(=O)O)c1cc(-c2c(C)cc(C)cc2C)cc(C)c1F)n1cc(CCN(C)C)c(C(F)(F)F)cc1=O. The van der Waals surface area contributed by atoms with Crippen molar-refractivity contribution in [3.05, 3.63) is 91.6 Å². The Balaban J connectivity index is 2.12. The van der Waals surface area contributed by atoms with Gasteiger partial charge in [-0.15, -0.1) is 0 Å². The van der Waals surface area contributed by atoms with Gasteiger partial charge in [-0.1, -0.05) is 31.0 Å². The lowest BCUT2D eigenvalue weighted by atomic mass is 9.89. The zero-order chi connectivity index (χ0) is 33.8. The summed E-state index contributed by atoms with van der Waals surface area (Å²) in [5, 5.41) is 12.4. The Bertz CT molecular complexity index is 1610. The van der Waals surface area contributed by atoms with Crippen molar-refractivity contribution in [2.75, 3.05) is 20.6 Å². The molecule has 2 N–H and O–H groups in total. The highest BCUT2D eigenvalue weighted by molar-refractivity contribution is 5.82. The number of pyridine rings is 1. The maximum Gasteiger partial charge on any atom is 0.416 e. The lowest BCUT2D eigenvalue weighted by molar-refractivity contribution is -0.139. The molecule has 244 valence electrons. The minimum atomic E-state index is -4.77. The van der Waals surface area contributed by atoms with Gasteiger partial charge in [-0.25, -0.2) is 4.39 Å². The van der Waals surface area contributed by atoms with E-state index < -0.39 is 53.5 Å². The molecule has 3 rings (SSSR count). The molecule has 2 unspecified atom stereocenters. The van der Waals surface area contributed by atoms with E-state index in [1.54, 1.807) is 38.9 Å². The summed E-state index contributed by atoms with van der Waals surface area (Å²) in [6.45, 7) is 9.38. The van der Waals surface area contributed by atoms with Crippen molar-refractivity contribution < 1.29 is 32.3 Å². The third kappa shape index (κ3) is 8.59. The standard InChI is InChI=1S/C34H41F4N3O4/c1-8-9-28(41-18-23(10-11-40(6)7)26(16-29(41)42)34(36,37)38)33(45)39-27(17-30(43)44)25-15-24(14-22(5)32(25)35)31-20(3)12-19(2)13-21(31)4/h12-16,18,27-28H,8-11,17H2,1-7H3,(H,39,45)(H,43,44). The zero-order valence-electron chi connectivity index (χ0n) is 26.7. The number of carboxylic acids is 1. The Hall–Kier alpha value is -3.99. The minimum absolute atomic E-state index is 0.0284. The average molecular weight is 632 g/mol. The van der Waals surface area contributed by atoms with Crippen LogP contribution in [0.4, 0.5) is 17.6 Å². The number of nitrogens with one attached hydrogen (secondary N) is 1. The van der Waals surface area contributed by atoms with Gasteiger partial charge in [0.25, 0.3) is 5.56 Å². The molecule has 1 heterocycles. The fourth-order valence-electron chi connectivity index (χ4n) is 5.82. The van der Waals surface area contributed by atoms with Gasteiger partial charge in [0, 0.05) is 24.4 Å². The maximum absolute atomic E-state index is 15.7.